The van der Waals surface area contributed by atoms with Gasteiger partial charge in [0.15, 0.2) is 0 Å². The molecule has 0 unspecified atom stereocenters. The maximum absolute atomic E-state index is 13.3. The van der Waals surface area contributed by atoms with Crippen LogP contribution in [0, 0.1) is 19.7 Å². The van der Waals surface area contributed by atoms with E-state index in [4.69, 9.17) is 5.73 Å². The minimum Gasteiger partial charge on any atom is -0.350 e. The molecule has 0 heterocycles. The van der Waals surface area contributed by atoms with Crippen molar-refractivity contribution < 1.29 is 9.18 Å². The van der Waals surface area contributed by atoms with E-state index in [1.54, 1.807) is 13.8 Å². The highest BCUT2D eigenvalue weighted by molar-refractivity contribution is 9.10. The van der Waals surface area contributed by atoms with Crippen LogP contribution in [0.15, 0.2) is 15.6 Å². The molecule has 86 valence electrons. The lowest BCUT2D eigenvalue weighted by molar-refractivity contribution is 0.249. The second-order valence-corrected chi connectivity index (χ2v) is 4.06. The SMILES string of the molecule is Cc1cc(F)c(Br)c(C)c1C=NNC(N)=O. The predicted octanol–water partition coefficient (Wildman–Crippen LogP) is 2.21. The van der Waals surface area contributed by atoms with Crippen LogP contribution in [0.1, 0.15) is 16.7 Å². The first-order valence-electron chi connectivity index (χ1n) is 4.47. The van der Waals surface area contributed by atoms with Gasteiger partial charge in [-0.2, -0.15) is 5.10 Å². The number of carbonyl (C=O) groups excluding carboxylic acids is 1. The zero-order chi connectivity index (χ0) is 12.3. The largest absolute Gasteiger partial charge is 0.350 e. The third kappa shape index (κ3) is 2.79. The zero-order valence-corrected chi connectivity index (χ0v) is 10.4. The molecule has 0 aliphatic carbocycles. The predicted molar refractivity (Wildman–Crippen MR) is 63.9 cm³/mol. The van der Waals surface area contributed by atoms with E-state index in [-0.39, 0.29) is 5.82 Å². The third-order valence-corrected chi connectivity index (χ3v) is 3.05. The van der Waals surface area contributed by atoms with Crippen LogP contribution in [0.2, 0.25) is 0 Å². The monoisotopic (exact) mass is 287 g/mol. The van der Waals surface area contributed by atoms with E-state index in [1.165, 1.54) is 12.3 Å². The summed E-state index contributed by atoms with van der Waals surface area (Å²) in [7, 11) is 0. The molecule has 0 aliphatic rings. The van der Waals surface area contributed by atoms with Gasteiger partial charge in [0.05, 0.1) is 10.7 Å². The fourth-order valence-electron chi connectivity index (χ4n) is 1.28. The van der Waals surface area contributed by atoms with Crippen LogP contribution in [0.5, 0.6) is 0 Å². The number of primary amides is 1. The van der Waals surface area contributed by atoms with Crippen LogP contribution in [0.4, 0.5) is 9.18 Å². The van der Waals surface area contributed by atoms with Crippen molar-refractivity contribution in [2.24, 2.45) is 10.8 Å². The molecule has 1 rings (SSSR count). The third-order valence-electron chi connectivity index (χ3n) is 2.08. The van der Waals surface area contributed by atoms with E-state index in [1.807, 2.05) is 0 Å². The number of hydrazone groups is 1. The Balaban J connectivity index is 3.09. The quantitative estimate of drug-likeness (QED) is 0.636. The molecule has 6 heteroatoms. The number of carbonyl (C=O) groups is 1. The molecule has 0 fully saturated rings. The number of nitrogens with two attached hydrogens (primary N) is 1. The highest BCUT2D eigenvalue weighted by Crippen LogP contribution is 2.25. The van der Waals surface area contributed by atoms with Gasteiger partial charge in [-0.05, 0) is 47.0 Å². The number of benzene rings is 1. The van der Waals surface area contributed by atoms with Gasteiger partial charge in [-0.25, -0.2) is 14.6 Å². The number of halogens is 2. The number of nitrogens with zero attached hydrogens (tertiary/aromatic N) is 1. The first-order chi connectivity index (χ1) is 7.43. The number of nitrogens with one attached hydrogen (secondary N) is 1. The van der Waals surface area contributed by atoms with Gasteiger partial charge in [0.2, 0.25) is 0 Å². The number of hydrogen-bond acceptors (Lipinski definition) is 2. The topological polar surface area (TPSA) is 67.5 Å². The van der Waals surface area contributed by atoms with Gasteiger partial charge in [0.1, 0.15) is 5.82 Å². The maximum Gasteiger partial charge on any atom is 0.332 e. The fourth-order valence-corrected chi connectivity index (χ4v) is 1.61. The molecule has 0 aliphatic heterocycles. The van der Waals surface area contributed by atoms with Gasteiger partial charge in [0.25, 0.3) is 0 Å². The lowest BCUT2D eigenvalue weighted by Crippen LogP contribution is -2.24. The molecule has 0 saturated heterocycles. The Labute approximate surface area is 101 Å². The van der Waals surface area contributed by atoms with Crippen molar-refractivity contribution in [2.45, 2.75) is 13.8 Å². The summed E-state index contributed by atoms with van der Waals surface area (Å²) < 4.78 is 13.7. The van der Waals surface area contributed by atoms with Crippen LogP contribution in [-0.4, -0.2) is 12.2 Å². The average molecular weight is 288 g/mol. The van der Waals surface area contributed by atoms with Gasteiger partial charge in [0, 0.05) is 5.56 Å². The molecule has 16 heavy (non-hydrogen) atoms. The minimum absolute atomic E-state index is 0.324. The molecule has 1 aromatic rings. The Morgan fingerprint density at radius 2 is 2.25 bits per heavy atom. The number of urea groups is 1. The lowest BCUT2D eigenvalue weighted by Gasteiger charge is -2.07. The van der Waals surface area contributed by atoms with Crippen LogP contribution < -0.4 is 11.2 Å². The van der Waals surface area contributed by atoms with Crippen LogP contribution >= 0.6 is 15.9 Å². The standard InChI is InChI=1S/C10H11BrFN3O/c1-5-3-8(12)9(11)6(2)7(5)4-14-15-10(13)16/h3-4H,1-2H3,(H3,13,15,16). The Hall–Kier alpha value is -1.43. The second kappa shape index (κ2) is 5.07. The molecule has 0 radical (unpaired) electrons. The van der Waals surface area contributed by atoms with E-state index in [0.29, 0.717) is 10.0 Å². The molecule has 0 atom stereocenters. The molecule has 0 aromatic heterocycles. The van der Waals surface area contributed by atoms with Gasteiger partial charge < -0.3 is 5.73 Å². The highest BCUT2D eigenvalue weighted by atomic mass is 79.9. The first-order valence-corrected chi connectivity index (χ1v) is 5.26. The normalized spacial score (nSPS) is 10.8. The Kier molecular flexibility index (Phi) is 4.00. The van der Waals surface area contributed by atoms with Gasteiger partial charge in [-0.1, -0.05) is 0 Å². The molecule has 0 bridgehead atoms. The van der Waals surface area contributed by atoms with E-state index >= 15 is 0 Å². The summed E-state index contributed by atoms with van der Waals surface area (Å²) in [5.74, 6) is -0.324. The summed E-state index contributed by atoms with van der Waals surface area (Å²) in [5.41, 5.74) is 9.12. The van der Waals surface area contributed by atoms with Crippen LogP contribution in [-0.2, 0) is 0 Å². The van der Waals surface area contributed by atoms with E-state index < -0.39 is 6.03 Å². The van der Waals surface area contributed by atoms with Crippen molar-refractivity contribution in [2.75, 3.05) is 0 Å². The average Bonchev–Trinajstić information content (AvgIpc) is 2.19. The van der Waals surface area contributed by atoms with Crippen molar-refractivity contribution in [3.8, 4) is 0 Å². The van der Waals surface area contributed by atoms with E-state index in [0.717, 1.165) is 11.1 Å². The molecule has 1 aromatic carbocycles. The smallest absolute Gasteiger partial charge is 0.332 e. The molecule has 3 N–H and O–H groups in total. The number of amides is 2. The first kappa shape index (κ1) is 12.6. The van der Waals surface area contributed by atoms with Gasteiger partial charge >= 0.3 is 6.03 Å². The highest BCUT2D eigenvalue weighted by Gasteiger charge is 2.09. The van der Waals surface area contributed by atoms with E-state index in [9.17, 15) is 9.18 Å². The van der Waals surface area contributed by atoms with E-state index in [2.05, 4.69) is 26.5 Å². The molecular formula is C10H11BrFN3O. The van der Waals surface area contributed by atoms with Crippen molar-refractivity contribution in [1.82, 2.24) is 5.43 Å². The molecule has 0 spiro atoms. The summed E-state index contributed by atoms with van der Waals surface area (Å²) in [4.78, 5) is 10.4. The van der Waals surface area contributed by atoms with Gasteiger partial charge in [-0.15, -0.1) is 0 Å². The van der Waals surface area contributed by atoms with Crippen molar-refractivity contribution in [1.29, 1.82) is 0 Å². The Morgan fingerprint density at radius 3 is 2.81 bits per heavy atom. The summed E-state index contributed by atoms with van der Waals surface area (Å²) in [6.45, 7) is 3.51. The van der Waals surface area contributed by atoms with Gasteiger partial charge in [-0.3, -0.25) is 0 Å². The maximum atomic E-state index is 13.3. The summed E-state index contributed by atoms with van der Waals surface area (Å²) in [5, 5.41) is 3.64. The molecular weight excluding hydrogens is 277 g/mol. The minimum atomic E-state index is -0.743. The molecule has 0 saturated carbocycles. The van der Waals surface area contributed by atoms with Crippen LogP contribution in [0.3, 0.4) is 0 Å². The summed E-state index contributed by atoms with van der Waals surface area (Å²) in [6, 6.07) is 0.649. The number of aryl methyl sites for hydroxylation is 1. The molecule has 4 nitrogen and oxygen atoms in total. The summed E-state index contributed by atoms with van der Waals surface area (Å²) in [6.07, 6.45) is 1.43. The van der Waals surface area contributed by atoms with Crippen molar-refractivity contribution in [3.63, 3.8) is 0 Å². The fraction of sp³-hybridized carbons (Fsp3) is 0.200. The molecule has 2 amide bonds. The summed E-state index contributed by atoms with van der Waals surface area (Å²) >= 11 is 3.14. The lowest BCUT2D eigenvalue weighted by atomic mass is 10.0. The van der Waals surface area contributed by atoms with Crippen LogP contribution in [0.25, 0.3) is 0 Å². The van der Waals surface area contributed by atoms with Crippen molar-refractivity contribution in [3.05, 3.63) is 33.0 Å². The number of rotatable bonds is 2. The Morgan fingerprint density at radius 1 is 1.62 bits per heavy atom. The zero-order valence-electron chi connectivity index (χ0n) is 8.84. The number of hydrogen-bond donors (Lipinski definition) is 2. The van der Waals surface area contributed by atoms with Crippen molar-refractivity contribution >= 4 is 28.2 Å². The Bertz CT molecular complexity index is 460. The second-order valence-electron chi connectivity index (χ2n) is 3.26.